The predicted molar refractivity (Wildman–Crippen MR) is 346 cm³/mol. The molecule has 0 radical (unpaired) electrons. The van der Waals surface area contributed by atoms with Crippen molar-refractivity contribution in [3.8, 4) is 0 Å². The van der Waals surface area contributed by atoms with E-state index < -0.39 is 24.3 Å². The van der Waals surface area contributed by atoms with Crippen LogP contribution in [0.1, 0.15) is 296 Å². The highest BCUT2D eigenvalue weighted by Gasteiger charge is 2.25. The van der Waals surface area contributed by atoms with Gasteiger partial charge in [0.1, 0.15) is 13.2 Å². The number of nitrogens with zero attached hydrogens (tertiary/aromatic N) is 1. The monoisotopic (exact) mass is 1130 g/mol. The van der Waals surface area contributed by atoms with Crippen LogP contribution < -0.4 is 0 Å². The molecule has 0 aromatic rings. The van der Waals surface area contributed by atoms with Crippen LogP contribution in [0.15, 0.2) is 85.1 Å². The lowest BCUT2D eigenvalue weighted by Gasteiger charge is -2.25. The first-order valence-corrected chi connectivity index (χ1v) is 33.8. The van der Waals surface area contributed by atoms with Gasteiger partial charge in [0.15, 0.2) is 6.10 Å². The molecule has 9 nitrogen and oxygen atoms in total. The Morgan fingerprint density at radius 2 is 0.704 bits per heavy atom. The Morgan fingerprint density at radius 3 is 1.05 bits per heavy atom. The molecule has 2 unspecified atom stereocenters. The van der Waals surface area contributed by atoms with Crippen LogP contribution in [0, 0.1) is 0 Å². The summed E-state index contributed by atoms with van der Waals surface area (Å²) < 4.78 is 23.0. The van der Waals surface area contributed by atoms with Gasteiger partial charge in [-0.05, 0) is 70.6 Å². The molecule has 1 N–H and O–H groups in total. The minimum absolute atomic E-state index is 0.180. The molecule has 0 aromatic carbocycles. The average molecular weight is 1140 g/mol. The van der Waals surface area contributed by atoms with Gasteiger partial charge in [-0.2, -0.15) is 0 Å². The van der Waals surface area contributed by atoms with Crippen molar-refractivity contribution in [2.45, 2.75) is 309 Å². The highest BCUT2D eigenvalue weighted by atomic mass is 16.7. The van der Waals surface area contributed by atoms with Gasteiger partial charge in [-0.3, -0.25) is 9.59 Å². The largest absolute Gasteiger partial charge is 0.477 e. The molecule has 0 bridgehead atoms. The summed E-state index contributed by atoms with van der Waals surface area (Å²) in [6.45, 7) is 4.80. The van der Waals surface area contributed by atoms with Gasteiger partial charge >= 0.3 is 17.9 Å². The SMILES string of the molecule is CC/C=C\C/C=C\C/C=C\C/C=C\C/C=C\C/C=C\C/C=C\CCCCCCCCCCCCCCCCCC(=O)OC(COC(=O)CCCCCCCCCCCCCCCCCCCCC)COC(OCC[N+](C)(C)C)C(=O)O. The topological polar surface area (TPSA) is 108 Å². The number of likely N-dealkylation sites (N-methyl/N-ethyl adjacent to an activating group) is 1. The van der Waals surface area contributed by atoms with Crippen molar-refractivity contribution >= 4 is 17.9 Å². The zero-order valence-corrected chi connectivity index (χ0v) is 53.4. The highest BCUT2D eigenvalue weighted by Crippen LogP contribution is 2.18. The molecule has 9 heteroatoms. The Labute approximate surface area is 500 Å². The normalized spacial score (nSPS) is 13.2. The van der Waals surface area contributed by atoms with Gasteiger partial charge in [0.2, 0.25) is 0 Å². The van der Waals surface area contributed by atoms with Crippen LogP contribution >= 0.6 is 0 Å². The van der Waals surface area contributed by atoms with Gasteiger partial charge in [0, 0.05) is 12.8 Å². The fraction of sp³-hybridized carbons (Fsp3) is 0.764. The summed E-state index contributed by atoms with van der Waals surface area (Å²) in [7, 11) is 5.98. The van der Waals surface area contributed by atoms with Crippen LogP contribution in [0.4, 0.5) is 0 Å². The van der Waals surface area contributed by atoms with Crippen molar-refractivity contribution in [3.05, 3.63) is 85.1 Å². The van der Waals surface area contributed by atoms with E-state index in [1.807, 2.05) is 21.1 Å². The van der Waals surface area contributed by atoms with Crippen molar-refractivity contribution in [1.82, 2.24) is 0 Å². The average Bonchev–Trinajstić information content (AvgIpc) is 3.44. The van der Waals surface area contributed by atoms with Crippen molar-refractivity contribution in [2.24, 2.45) is 0 Å². The Bertz CT molecular complexity index is 1600. The summed E-state index contributed by atoms with van der Waals surface area (Å²) in [5.74, 6) is -1.99. The third-order valence-electron chi connectivity index (χ3n) is 14.7. The fourth-order valence-electron chi connectivity index (χ4n) is 9.53. The molecule has 0 aliphatic heterocycles. The molecule has 2 atom stereocenters. The van der Waals surface area contributed by atoms with E-state index in [-0.39, 0.29) is 32.2 Å². The summed E-state index contributed by atoms with van der Waals surface area (Å²) in [6, 6.07) is 0. The maximum atomic E-state index is 12.9. The van der Waals surface area contributed by atoms with E-state index in [1.54, 1.807) is 0 Å². The molecule has 0 aliphatic rings. The molecule has 0 heterocycles. The molecular weight excluding hydrogens is 1010 g/mol. The standard InChI is InChI=1S/C72H127NO8/c1-6-8-10-12-14-16-18-20-22-24-26-27-28-29-30-31-32-33-34-35-36-37-38-39-40-41-42-43-45-47-49-51-53-55-57-59-61-63-70(75)81-68(67-80-72(71(76)77)78-65-64-73(3,4)5)66-79-69(74)62-60-58-56-54-52-50-48-46-44-25-23-21-19-17-15-13-11-9-7-2/h8,10,14,16,20,22,26-27,29-30,32-33,35-36,68,72H,6-7,9,11-13,15,17-19,21,23-25,28,31,34,37-67H2,1-5H3/p+1/b10-8-,16-14-,22-20-,27-26-,30-29-,33-32-,36-35-. The summed E-state index contributed by atoms with van der Waals surface area (Å²) in [4.78, 5) is 37.5. The Morgan fingerprint density at radius 1 is 0.383 bits per heavy atom. The summed E-state index contributed by atoms with van der Waals surface area (Å²) in [5, 5.41) is 9.73. The van der Waals surface area contributed by atoms with Crippen LogP contribution in [0.2, 0.25) is 0 Å². The van der Waals surface area contributed by atoms with Crippen molar-refractivity contribution < 1.29 is 42.9 Å². The third-order valence-corrected chi connectivity index (χ3v) is 14.7. The lowest BCUT2D eigenvalue weighted by Crippen LogP contribution is -2.40. The van der Waals surface area contributed by atoms with Gasteiger partial charge in [-0.25, -0.2) is 4.79 Å². The Hall–Kier alpha value is -3.53. The summed E-state index contributed by atoms with van der Waals surface area (Å²) in [5.41, 5.74) is 0. The Balaban J connectivity index is 4.08. The molecule has 81 heavy (non-hydrogen) atoms. The van der Waals surface area contributed by atoms with Crippen LogP contribution in [0.25, 0.3) is 0 Å². The second kappa shape index (κ2) is 62.5. The van der Waals surface area contributed by atoms with E-state index >= 15 is 0 Å². The molecule has 0 amide bonds. The van der Waals surface area contributed by atoms with Gasteiger partial charge in [-0.15, -0.1) is 0 Å². The number of hydrogen-bond acceptors (Lipinski definition) is 7. The summed E-state index contributed by atoms with van der Waals surface area (Å²) >= 11 is 0. The number of ether oxygens (including phenoxy) is 4. The van der Waals surface area contributed by atoms with Crippen LogP contribution in [-0.2, 0) is 33.3 Å². The molecule has 0 aromatic heterocycles. The number of quaternary nitrogens is 1. The van der Waals surface area contributed by atoms with E-state index in [1.165, 1.54) is 186 Å². The Kier molecular flexibility index (Phi) is 59.8. The fourth-order valence-corrected chi connectivity index (χ4v) is 9.53. The number of carboxylic acids is 1. The zero-order valence-electron chi connectivity index (χ0n) is 53.4. The minimum Gasteiger partial charge on any atom is -0.477 e. The molecule has 0 spiro atoms. The molecule has 0 aliphatic carbocycles. The van der Waals surface area contributed by atoms with E-state index in [2.05, 4.69) is 98.9 Å². The first-order chi connectivity index (χ1) is 39.6. The molecule has 0 saturated heterocycles. The lowest BCUT2D eigenvalue weighted by molar-refractivity contribution is -0.870. The zero-order chi connectivity index (χ0) is 59.1. The van der Waals surface area contributed by atoms with Crippen LogP contribution in [-0.4, -0.2) is 87.4 Å². The smallest absolute Gasteiger partial charge is 0.361 e. The first-order valence-electron chi connectivity index (χ1n) is 33.8. The number of allylic oxidation sites excluding steroid dienone is 14. The first kappa shape index (κ1) is 77.5. The quantitative estimate of drug-likeness (QED) is 0.0211. The number of unbranched alkanes of at least 4 members (excludes halogenated alkanes) is 33. The third kappa shape index (κ3) is 63.9. The molecule has 0 fully saturated rings. The lowest BCUT2D eigenvalue weighted by atomic mass is 10.0. The molecule has 0 rings (SSSR count). The van der Waals surface area contributed by atoms with Gasteiger partial charge < -0.3 is 28.5 Å². The predicted octanol–water partition coefficient (Wildman–Crippen LogP) is 20.7. The van der Waals surface area contributed by atoms with Crippen LogP contribution in [0.5, 0.6) is 0 Å². The molecule has 468 valence electrons. The van der Waals surface area contributed by atoms with Crippen molar-refractivity contribution in [1.29, 1.82) is 0 Å². The molecular formula is C72H128NO8+. The van der Waals surface area contributed by atoms with Gasteiger partial charge in [0.25, 0.3) is 6.29 Å². The maximum absolute atomic E-state index is 12.9. The number of aliphatic carboxylic acids is 1. The minimum atomic E-state index is -1.51. The highest BCUT2D eigenvalue weighted by molar-refractivity contribution is 5.71. The van der Waals surface area contributed by atoms with Crippen LogP contribution in [0.3, 0.4) is 0 Å². The van der Waals surface area contributed by atoms with Crippen molar-refractivity contribution in [3.63, 3.8) is 0 Å². The van der Waals surface area contributed by atoms with Gasteiger partial charge in [0.05, 0.1) is 34.4 Å². The van der Waals surface area contributed by atoms with Gasteiger partial charge in [-0.1, -0.05) is 298 Å². The number of carbonyl (C=O) groups excluding carboxylic acids is 2. The second-order valence-electron chi connectivity index (χ2n) is 23.8. The number of carbonyl (C=O) groups is 3. The molecule has 0 saturated carbocycles. The van der Waals surface area contributed by atoms with E-state index in [9.17, 15) is 19.5 Å². The number of rotatable bonds is 62. The number of carboxylic acid groups (broad SMARTS) is 1. The maximum Gasteiger partial charge on any atom is 0.361 e. The van der Waals surface area contributed by atoms with E-state index in [0.717, 1.165) is 83.5 Å². The van der Waals surface area contributed by atoms with E-state index in [0.29, 0.717) is 17.4 Å². The summed E-state index contributed by atoms with van der Waals surface area (Å²) in [6.07, 6.45) is 81.1. The van der Waals surface area contributed by atoms with E-state index in [4.69, 9.17) is 18.9 Å². The van der Waals surface area contributed by atoms with Crippen molar-refractivity contribution in [2.75, 3.05) is 47.5 Å². The number of esters is 2. The second-order valence-corrected chi connectivity index (χ2v) is 23.8. The number of hydrogen-bond donors (Lipinski definition) is 1.